The molecule has 6 nitrogen and oxygen atoms in total. The number of nitrogens with zero attached hydrogens (tertiary/aromatic N) is 2. The van der Waals surface area contributed by atoms with Crippen LogP contribution in [0.2, 0.25) is 0 Å². The van der Waals surface area contributed by atoms with E-state index in [9.17, 15) is 9.59 Å². The Kier molecular flexibility index (Phi) is 9.16. The first-order valence-corrected chi connectivity index (χ1v) is 10.3. The molecule has 29 heavy (non-hydrogen) atoms. The van der Waals surface area contributed by atoms with Gasteiger partial charge in [0.2, 0.25) is 0 Å². The first kappa shape index (κ1) is 24.5. The third-order valence-electron chi connectivity index (χ3n) is 4.26. The van der Waals surface area contributed by atoms with Gasteiger partial charge in [-0.2, -0.15) is 0 Å². The van der Waals surface area contributed by atoms with Crippen molar-refractivity contribution in [3.63, 3.8) is 0 Å². The summed E-state index contributed by atoms with van der Waals surface area (Å²) in [6.07, 6.45) is 3.55. The van der Waals surface area contributed by atoms with E-state index >= 15 is 0 Å². The number of carbonyl (C=O) groups excluding carboxylic acids is 2. The van der Waals surface area contributed by atoms with Gasteiger partial charge in [-0.05, 0) is 54.0 Å². The predicted molar refractivity (Wildman–Crippen MR) is 116 cm³/mol. The fourth-order valence-corrected chi connectivity index (χ4v) is 3.03. The van der Waals surface area contributed by atoms with E-state index in [-0.39, 0.29) is 23.9 Å². The summed E-state index contributed by atoms with van der Waals surface area (Å²) in [5.41, 5.74) is -0.205. The molecule has 0 radical (unpaired) electrons. The molecule has 0 aliphatic heterocycles. The highest BCUT2D eigenvalue weighted by Crippen LogP contribution is 2.18. The van der Waals surface area contributed by atoms with Crippen molar-refractivity contribution in [3.05, 3.63) is 24.0 Å². The zero-order valence-electron chi connectivity index (χ0n) is 19.0. The Labute approximate surface area is 175 Å². The van der Waals surface area contributed by atoms with Crippen molar-refractivity contribution in [2.45, 2.75) is 92.0 Å². The molecular weight excluding hydrogens is 366 g/mol. The van der Waals surface area contributed by atoms with E-state index < -0.39 is 11.6 Å². The quantitative estimate of drug-likeness (QED) is 0.673. The standard InChI is InChI=1S/C23H35N3O3/c1-9-11-12-23(7,8)25-21(27)20(10-2)29-19-13-18(14-24-15-19)22(28)26(16(3)4)17(5)6/h13-17,20H,9-10H2,1-8H3,(H,25,27). The number of hydrogen-bond acceptors (Lipinski definition) is 4. The first-order valence-electron chi connectivity index (χ1n) is 10.3. The number of nitrogens with one attached hydrogen (secondary N) is 1. The van der Waals surface area contributed by atoms with Crippen LogP contribution in [0, 0.1) is 11.8 Å². The van der Waals surface area contributed by atoms with Crippen molar-refractivity contribution >= 4 is 11.8 Å². The molecule has 160 valence electrons. The summed E-state index contributed by atoms with van der Waals surface area (Å²) < 4.78 is 5.87. The Morgan fingerprint density at radius 3 is 2.31 bits per heavy atom. The van der Waals surface area contributed by atoms with Crippen molar-refractivity contribution in [2.75, 3.05) is 0 Å². The van der Waals surface area contributed by atoms with Gasteiger partial charge in [-0.15, -0.1) is 5.92 Å². The molecule has 0 fully saturated rings. The lowest BCUT2D eigenvalue weighted by molar-refractivity contribution is -0.129. The largest absolute Gasteiger partial charge is 0.479 e. The van der Waals surface area contributed by atoms with Crippen molar-refractivity contribution in [3.8, 4) is 17.6 Å². The van der Waals surface area contributed by atoms with Crippen LogP contribution in [0.1, 0.15) is 78.6 Å². The van der Waals surface area contributed by atoms with Crippen LogP contribution in [0.4, 0.5) is 0 Å². The van der Waals surface area contributed by atoms with Crippen LogP contribution in [0.3, 0.4) is 0 Å². The second kappa shape index (κ2) is 10.8. The molecule has 0 spiro atoms. The molecule has 6 heteroatoms. The van der Waals surface area contributed by atoms with Gasteiger partial charge in [-0.1, -0.05) is 19.8 Å². The summed E-state index contributed by atoms with van der Waals surface area (Å²) in [5, 5.41) is 2.91. The van der Waals surface area contributed by atoms with Crippen molar-refractivity contribution in [1.82, 2.24) is 15.2 Å². The third kappa shape index (κ3) is 7.41. The van der Waals surface area contributed by atoms with E-state index in [1.165, 1.54) is 12.4 Å². The smallest absolute Gasteiger partial charge is 0.262 e. The van der Waals surface area contributed by atoms with E-state index in [2.05, 4.69) is 22.1 Å². The van der Waals surface area contributed by atoms with Crippen molar-refractivity contribution < 1.29 is 14.3 Å². The van der Waals surface area contributed by atoms with Crippen LogP contribution in [0.15, 0.2) is 18.5 Å². The van der Waals surface area contributed by atoms with Gasteiger partial charge in [-0.3, -0.25) is 14.6 Å². The second-order valence-corrected chi connectivity index (χ2v) is 8.09. The second-order valence-electron chi connectivity index (χ2n) is 8.09. The Morgan fingerprint density at radius 1 is 1.17 bits per heavy atom. The molecule has 0 aliphatic rings. The number of pyridine rings is 1. The highest BCUT2D eigenvalue weighted by atomic mass is 16.5. The molecule has 1 aromatic rings. The van der Waals surface area contributed by atoms with E-state index in [4.69, 9.17) is 4.74 Å². The van der Waals surface area contributed by atoms with E-state index in [0.29, 0.717) is 17.7 Å². The number of hydrogen-bond donors (Lipinski definition) is 1. The van der Waals surface area contributed by atoms with Gasteiger partial charge in [0.15, 0.2) is 6.10 Å². The summed E-state index contributed by atoms with van der Waals surface area (Å²) >= 11 is 0. The first-order chi connectivity index (χ1) is 13.5. The summed E-state index contributed by atoms with van der Waals surface area (Å²) in [6.45, 7) is 15.5. The lowest BCUT2D eigenvalue weighted by atomic mass is 10.1. The molecule has 0 bridgehead atoms. The lowest BCUT2D eigenvalue weighted by Gasteiger charge is -2.30. The highest BCUT2D eigenvalue weighted by molar-refractivity contribution is 5.94. The molecule has 0 saturated carbocycles. The van der Waals surface area contributed by atoms with Crippen LogP contribution in [0.25, 0.3) is 0 Å². The maximum absolute atomic E-state index is 12.9. The minimum Gasteiger partial charge on any atom is -0.479 e. The van der Waals surface area contributed by atoms with Crippen molar-refractivity contribution in [1.29, 1.82) is 0 Å². The van der Waals surface area contributed by atoms with Gasteiger partial charge in [-0.25, -0.2) is 0 Å². The minimum atomic E-state index is -0.698. The number of amides is 2. The molecule has 1 aromatic heterocycles. The average Bonchev–Trinajstić information content (AvgIpc) is 2.63. The Balaban J connectivity index is 2.98. The third-order valence-corrected chi connectivity index (χ3v) is 4.26. The minimum absolute atomic E-state index is 0.0627. The van der Waals surface area contributed by atoms with Gasteiger partial charge >= 0.3 is 0 Å². The molecular formula is C23H35N3O3. The number of ether oxygens (including phenoxy) is 1. The van der Waals surface area contributed by atoms with Crippen LogP contribution < -0.4 is 10.1 Å². The molecule has 1 unspecified atom stereocenters. The molecule has 1 N–H and O–H groups in total. The average molecular weight is 402 g/mol. The summed E-state index contributed by atoms with van der Waals surface area (Å²) in [5.74, 6) is 6.07. The van der Waals surface area contributed by atoms with Crippen LogP contribution in [0.5, 0.6) is 5.75 Å². The SMILES string of the molecule is CCC#CC(C)(C)NC(=O)C(CC)Oc1cncc(C(=O)N(C(C)C)C(C)C)c1. The van der Waals surface area contributed by atoms with Gasteiger partial charge in [0.05, 0.1) is 17.3 Å². The molecule has 1 heterocycles. The number of aromatic nitrogens is 1. The lowest BCUT2D eigenvalue weighted by Crippen LogP contribution is -2.48. The van der Waals surface area contributed by atoms with Crippen LogP contribution in [-0.4, -0.2) is 45.4 Å². The molecule has 0 aliphatic carbocycles. The summed E-state index contributed by atoms with van der Waals surface area (Å²) in [6, 6.07) is 1.77. The van der Waals surface area contributed by atoms with E-state index in [0.717, 1.165) is 6.42 Å². The summed E-state index contributed by atoms with van der Waals surface area (Å²) in [4.78, 5) is 31.5. The number of carbonyl (C=O) groups is 2. The monoisotopic (exact) mass is 401 g/mol. The molecule has 2 amide bonds. The zero-order valence-corrected chi connectivity index (χ0v) is 19.0. The number of rotatable bonds is 8. The summed E-state index contributed by atoms with van der Waals surface area (Å²) in [7, 11) is 0. The maximum Gasteiger partial charge on any atom is 0.262 e. The Hall–Kier alpha value is -2.55. The van der Waals surface area contributed by atoms with Gasteiger partial charge in [0.25, 0.3) is 11.8 Å². The van der Waals surface area contributed by atoms with E-state index in [1.54, 1.807) is 11.0 Å². The molecule has 1 atom stereocenters. The fraction of sp³-hybridized carbons (Fsp3) is 0.609. The van der Waals surface area contributed by atoms with Crippen LogP contribution in [-0.2, 0) is 4.79 Å². The fourth-order valence-electron chi connectivity index (χ4n) is 3.03. The predicted octanol–water partition coefficient (Wildman–Crippen LogP) is 3.81. The van der Waals surface area contributed by atoms with Gasteiger partial charge in [0.1, 0.15) is 5.75 Å². The van der Waals surface area contributed by atoms with Crippen LogP contribution >= 0.6 is 0 Å². The normalized spacial score (nSPS) is 12.2. The zero-order chi connectivity index (χ0) is 22.2. The van der Waals surface area contributed by atoms with Gasteiger partial charge in [0, 0.05) is 24.7 Å². The van der Waals surface area contributed by atoms with Crippen molar-refractivity contribution in [2.24, 2.45) is 0 Å². The topological polar surface area (TPSA) is 71.5 Å². The Morgan fingerprint density at radius 2 is 1.79 bits per heavy atom. The van der Waals surface area contributed by atoms with E-state index in [1.807, 2.05) is 55.4 Å². The van der Waals surface area contributed by atoms with Gasteiger partial charge < -0.3 is 15.0 Å². The Bertz CT molecular complexity index is 752. The highest BCUT2D eigenvalue weighted by Gasteiger charge is 2.26. The molecule has 1 rings (SSSR count). The maximum atomic E-state index is 12.9. The molecule has 0 saturated heterocycles. The molecule has 0 aromatic carbocycles.